The van der Waals surface area contributed by atoms with Crippen LogP contribution in [0.3, 0.4) is 0 Å². The molecule has 0 amide bonds. The molecule has 0 saturated heterocycles. The van der Waals surface area contributed by atoms with Gasteiger partial charge in [-0.3, -0.25) is 9.59 Å². The molecule has 0 fully saturated rings. The molecule has 0 radical (unpaired) electrons. The van der Waals surface area contributed by atoms with E-state index in [1.54, 1.807) is 62.4 Å². The Morgan fingerprint density at radius 2 is 0.900 bits per heavy atom. The van der Waals surface area contributed by atoms with Crippen LogP contribution in [0.25, 0.3) is 0 Å². The first-order valence-electron chi connectivity index (χ1n) is 6.48. The van der Waals surface area contributed by atoms with Crippen molar-refractivity contribution in [3.05, 3.63) is 70.8 Å². The minimum Gasteiger partial charge on any atom is -0.394 e. The topological polar surface area (TPSA) is 54.4 Å². The van der Waals surface area contributed by atoms with Crippen molar-refractivity contribution in [1.82, 2.24) is 0 Å². The van der Waals surface area contributed by atoms with Gasteiger partial charge in [0, 0.05) is 28.4 Å². The van der Waals surface area contributed by atoms with Crippen molar-refractivity contribution in [3.8, 4) is 0 Å². The second-order valence-corrected chi connectivity index (χ2v) is 4.84. The molecule has 0 aromatic heterocycles. The summed E-state index contributed by atoms with van der Waals surface area (Å²) in [5.41, 5.74) is 2.02. The molecule has 3 nitrogen and oxygen atoms in total. The van der Waals surface area contributed by atoms with E-state index in [-0.39, 0.29) is 17.7 Å². The van der Waals surface area contributed by atoms with Gasteiger partial charge in [-0.2, -0.15) is 0 Å². The number of benzene rings is 2. The maximum absolute atomic E-state index is 12.1. The average Bonchev–Trinajstić information content (AvgIpc) is 2.44. The van der Waals surface area contributed by atoms with Crippen LogP contribution in [-0.4, -0.2) is 22.8 Å². The lowest BCUT2D eigenvalue weighted by molar-refractivity contribution is 0.0979. The van der Waals surface area contributed by atoms with Crippen molar-refractivity contribution in [2.45, 2.75) is 20.0 Å². The lowest BCUT2D eigenvalue weighted by atomic mass is 9.84. The van der Waals surface area contributed by atoms with Gasteiger partial charge in [0.2, 0.25) is 0 Å². The highest BCUT2D eigenvalue weighted by Gasteiger charge is 2.28. The smallest absolute Gasteiger partial charge is 0.194 e. The van der Waals surface area contributed by atoms with Crippen LogP contribution in [0.4, 0.5) is 0 Å². The Kier molecular flexibility index (Phi) is 4.11. The first kappa shape index (κ1) is 14.2. The lowest BCUT2D eigenvalue weighted by Gasteiger charge is -2.16. The van der Waals surface area contributed by atoms with E-state index in [4.69, 9.17) is 5.11 Å². The number of aliphatic hydroxyl groups excluding tert-OH is 1. The zero-order chi connectivity index (χ0) is 14.7. The molecule has 2 aromatic carbocycles. The number of fused-ring (bicyclic) bond motifs is 2. The molecule has 0 bridgehead atoms. The van der Waals surface area contributed by atoms with Crippen molar-refractivity contribution in [3.63, 3.8) is 0 Å². The average molecular weight is 268 g/mol. The van der Waals surface area contributed by atoms with E-state index in [0.29, 0.717) is 22.3 Å². The third-order valence-electron chi connectivity index (χ3n) is 2.83. The molecular formula is C17H16O3. The summed E-state index contributed by atoms with van der Waals surface area (Å²) in [6.07, 6.45) is -0.167. The predicted molar refractivity (Wildman–Crippen MR) is 77.1 cm³/mol. The van der Waals surface area contributed by atoms with Crippen LogP contribution >= 0.6 is 0 Å². The zero-order valence-electron chi connectivity index (χ0n) is 11.5. The molecule has 1 aliphatic rings. The largest absolute Gasteiger partial charge is 0.394 e. The lowest BCUT2D eigenvalue weighted by Crippen LogP contribution is -2.20. The first-order chi connectivity index (χ1) is 9.52. The van der Waals surface area contributed by atoms with Crippen LogP contribution in [0.2, 0.25) is 0 Å². The fourth-order valence-electron chi connectivity index (χ4n) is 2.05. The highest BCUT2D eigenvalue weighted by molar-refractivity contribution is 6.28. The minimum atomic E-state index is -0.167. The van der Waals surface area contributed by atoms with Gasteiger partial charge in [0.05, 0.1) is 0 Å². The Bertz CT molecular complexity index is 549. The number of aliphatic hydroxyl groups is 1. The predicted octanol–water partition coefficient (Wildman–Crippen LogP) is 2.85. The van der Waals surface area contributed by atoms with Gasteiger partial charge in [-0.1, -0.05) is 48.5 Å². The molecule has 0 atom stereocenters. The fourth-order valence-corrected chi connectivity index (χ4v) is 2.05. The Balaban J connectivity index is 0.000000328. The van der Waals surface area contributed by atoms with Crippen molar-refractivity contribution < 1.29 is 14.7 Å². The van der Waals surface area contributed by atoms with E-state index in [0.717, 1.165) is 0 Å². The maximum atomic E-state index is 12.1. The summed E-state index contributed by atoms with van der Waals surface area (Å²) >= 11 is 0. The minimum absolute atomic E-state index is 0.0641. The highest BCUT2D eigenvalue weighted by Crippen LogP contribution is 2.26. The second-order valence-electron chi connectivity index (χ2n) is 4.84. The highest BCUT2D eigenvalue weighted by atomic mass is 16.3. The molecular weight excluding hydrogens is 252 g/mol. The molecule has 0 aliphatic heterocycles. The molecule has 1 N–H and O–H groups in total. The molecule has 20 heavy (non-hydrogen) atoms. The standard InChI is InChI=1S/C14H8O2.C3H8O/c15-13-9-5-1-2-6-10(9)14(16)12-8-4-3-7-11(12)13;1-3(2)4/h1-8H;3-4H,1-2H3. The van der Waals surface area contributed by atoms with Crippen LogP contribution in [-0.2, 0) is 0 Å². The summed E-state index contributed by atoms with van der Waals surface area (Å²) in [6.45, 7) is 3.44. The fraction of sp³-hybridized carbons (Fsp3) is 0.176. The summed E-state index contributed by atoms with van der Waals surface area (Å²) in [5.74, 6) is -0.128. The van der Waals surface area contributed by atoms with Crippen LogP contribution in [0.15, 0.2) is 48.5 Å². The normalized spacial score (nSPS) is 12.4. The quantitative estimate of drug-likeness (QED) is 0.682. The number of hydrogen-bond acceptors (Lipinski definition) is 3. The van der Waals surface area contributed by atoms with E-state index in [2.05, 4.69) is 0 Å². The van der Waals surface area contributed by atoms with Gasteiger partial charge in [-0.15, -0.1) is 0 Å². The van der Waals surface area contributed by atoms with Crippen molar-refractivity contribution in [2.24, 2.45) is 0 Å². The van der Waals surface area contributed by atoms with Crippen LogP contribution < -0.4 is 0 Å². The molecule has 0 saturated carbocycles. The third-order valence-corrected chi connectivity index (χ3v) is 2.83. The number of carbonyl (C=O) groups is 2. The number of rotatable bonds is 0. The van der Waals surface area contributed by atoms with Gasteiger partial charge in [-0.25, -0.2) is 0 Å². The maximum Gasteiger partial charge on any atom is 0.194 e. The Hall–Kier alpha value is -2.26. The summed E-state index contributed by atoms with van der Waals surface area (Å²) in [5, 5.41) is 8.06. The van der Waals surface area contributed by atoms with Crippen LogP contribution in [0, 0.1) is 0 Å². The SMILES string of the molecule is CC(C)O.O=C1c2ccccc2C(=O)c2ccccc21. The van der Waals surface area contributed by atoms with Gasteiger partial charge < -0.3 is 5.11 Å². The van der Waals surface area contributed by atoms with Gasteiger partial charge in [-0.05, 0) is 13.8 Å². The van der Waals surface area contributed by atoms with E-state index in [9.17, 15) is 9.59 Å². The van der Waals surface area contributed by atoms with E-state index in [1.807, 2.05) is 0 Å². The van der Waals surface area contributed by atoms with E-state index in [1.165, 1.54) is 0 Å². The Morgan fingerprint density at radius 3 is 1.10 bits per heavy atom. The molecule has 3 heteroatoms. The molecule has 1 aliphatic carbocycles. The van der Waals surface area contributed by atoms with Crippen molar-refractivity contribution in [2.75, 3.05) is 0 Å². The summed E-state index contributed by atoms with van der Waals surface area (Å²) < 4.78 is 0. The first-order valence-corrected chi connectivity index (χ1v) is 6.48. The number of carbonyl (C=O) groups excluding carboxylic acids is 2. The molecule has 0 spiro atoms. The van der Waals surface area contributed by atoms with E-state index < -0.39 is 0 Å². The molecule has 0 unspecified atom stereocenters. The van der Waals surface area contributed by atoms with E-state index >= 15 is 0 Å². The second kappa shape index (κ2) is 5.80. The van der Waals surface area contributed by atoms with Gasteiger partial charge >= 0.3 is 0 Å². The summed E-state index contributed by atoms with van der Waals surface area (Å²) in [7, 11) is 0. The monoisotopic (exact) mass is 268 g/mol. The summed E-state index contributed by atoms with van der Waals surface area (Å²) in [6, 6.07) is 13.9. The van der Waals surface area contributed by atoms with Crippen LogP contribution in [0.5, 0.6) is 0 Å². The summed E-state index contributed by atoms with van der Waals surface area (Å²) in [4.78, 5) is 24.2. The zero-order valence-corrected chi connectivity index (χ0v) is 11.5. The number of ketones is 2. The van der Waals surface area contributed by atoms with Crippen LogP contribution in [0.1, 0.15) is 45.7 Å². The third kappa shape index (κ3) is 2.68. The molecule has 3 rings (SSSR count). The molecule has 0 heterocycles. The Labute approximate surface area is 117 Å². The molecule has 2 aromatic rings. The van der Waals surface area contributed by atoms with Crippen molar-refractivity contribution in [1.29, 1.82) is 0 Å². The molecule has 102 valence electrons. The van der Waals surface area contributed by atoms with Gasteiger partial charge in [0.15, 0.2) is 11.6 Å². The van der Waals surface area contributed by atoms with Crippen molar-refractivity contribution >= 4 is 11.6 Å². The number of hydrogen-bond donors (Lipinski definition) is 1. The van der Waals surface area contributed by atoms with Gasteiger partial charge in [0.25, 0.3) is 0 Å². The van der Waals surface area contributed by atoms with Gasteiger partial charge in [0.1, 0.15) is 0 Å². The Morgan fingerprint density at radius 1 is 0.700 bits per heavy atom.